The van der Waals surface area contributed by atoms with E-state index in [1.807, 2.05) is 12.1 Å². The molecule has 0 radical (unpaired) electrons. The van der Waals surface area contributed by atoms with Gasteiger partial charge in [-0.05, 0) is 25.0 Å². The van der Waals surface area contributed by atoms with E-state index in [1.54, 1.807) is 13.1 Å². The topological polar surface area (TPSA) is 43.1 Å². The molecule has 0 atom stereocenters. The molecular weight excluding hydrogens is 214 g/mol. The predicted molar refractivity (Wildman–Crippen MR) is 64.9 cm³/mol. The third-order valence-electron chi connectivity index (χ3n) is 2.63. The smallest absolute Gasteiger partial charge is 0.198 e. The summed E-state index contributed by atoms with van der Waals surface area (Å²) in [6.07, 6.45) is 2.63. The molecule has 0 N–H and O–H groups in total. The van der Waals surface area contributed by atoms with Crippen LogP contribution in [0.15, 0.2) is 34.9 Å². The molecule has 0 aliphatic carbocycles. The van der Waals surface area contributed by atoms with Gasteiger partial charge in [0.1, 0.15) is 11.5 Å². The zero-order chi connectivity index (χ0) is 12.3. The number of hydrogen-bond donors (Lipinski definition) is 0. The van der Waals surface area contributed by atoms with E-state index >= 15 is 0 Å². The Bertz CT molecular complexity index is 529. The molecular formula is C14H15NO2. The van der Waals surface area contributed by atoms with Crippen LogP contribution < -0.4 is 0 Å². The average Bonchev–Trinajstić information content (AvgIpc) is 2.68. The summed E-state index contributed by atoms with van der Waals surface area (Å²) in [5.41, 5.74) is 2.42. The second kappa shape index (κ2) is 4.95. The first-order valence-electron chi connectivity index (χ1n) is 5.62. The van der Waals surface area contributed by atoms with E-state index in [4.69, 9.17) is 4.42 Å². The molecule has 0 aliphatic heterocycles. The molecule has 0 saturated carbocycles. The molecule has 0 aliphatic rings. The molecule has 17 heavy (non-hydrogen) atoms. The zero-order valence-electron chi connectivity index (χ0n) is 10.1. The van der Waals surface area contributed by atoms with E-state index < -0.39 is 0 Å². The summed E-state index contributed by atoms with van der Waals surface area (Å²) >= 11 is 0. The van der Waals surface area contributed by atoms with Crippen molar-refractivity contribution in [1.82, 2.24) is 4.98 Å². The highest BCUT2D eigenvalue weighted by Gasteiger charge is 2.07. The molecule has 0 unspecified atom stereocenters. The molecule has 0 bridgehead atoms. The lowest BCUT2D eigenvalue weighted by Crippen LogP contribution is -1.94. The number of aromatic nitrogens is 1. The van der Waals surface area contributed by atoms with Crippen molar-refractivity contribution in [3.8, 4) is 0 Å². The normalized spacial score (nSPS) is 10.5. The summed E-state index contributed by atoms with van der Waals surface area (Å²) in [6, 6.07) is 8.14. The van der Waals surface area contributed by atoms with Gasteiger partial charge < -0.3 is 4.42 Å². The SMILES string of the molecule is CC(=O)Cc1cnc(Cc2ccccc2C)o1. The van der Waals surface area contributed by atoms with E-state index in [9.17, 15) is 4.79 Å². The van der Waals surface area contributed by atoms with Gasteiger partial charge >= 0.3 is 0 Å². The number of carbonyl (C=O) groups is 1. The van der Waals surface area contributed by atoms with Crippen molar-refractivity contribution in [1.29, 1.82) is 0 Å². The van der Waals surface area contributed by atoms with Crippen LogP contribution in [0.3, 0.4) is 0 Å². The van der Waals surface area contributed by atoms with Crippen LogP contribution in [0.5, 0.6) is 0 Å². The number of carbonyl (C=O) groups excluding carboxylic acids is 1. The maximum Gasteiger partial charge on any atom is 0.198 e. The molecule has 1 aromatic carbocycles. The fourth-order valence-electron chi connectivity index (χ4n) is 1.73. The molecule has 3 nitrogen and oxygen atoms in total. The van der Waals surface area contributed by atoms with E-state index in [0.717, 1.165) is 0 Å². The van der Waals surface area contributed by atoms with Gasteiger partial charge in [0.15, 0.2) is 5.89 Å². The third kappa shape index (κ3) is 3.03. The van der Waals surface area contributed by atoms with Crippen LogP contribution in [-0.4, -0.2) is 10.8 Å². The Labute approximate surface area is 100 Å². The lowest BCUT2D eigenvalue weighted by molar-refractivity contribution is -0.116. The maximum absolute atomic E-state index is 10.9. The number of oxazole rings is 1. The molecule has 0 fully saturated rings. The van der Waals surface area contributed by atoms with E-state index in [2.05, 4.69) is 24.0 Å². The summed E-state index contributed by atoms with van der Waals surface area (Å²) in [6.45, 7) is 3.61. The van der Waals surface area contributed by atoms with Crippen molar-refractivity contribution < 1.29 is 9.21 Å². The lowest BCUT2D eigenvalue weighted by atomic mass is 10.1. The minimum atomic E-state index is 0.0867. The number of Topliss-reactive ketones (excluding diaryl/α,β-unsaturated/α-hetero) is 1. The summed E-state index contributed by atoms with van der Waals surface area (Å²) in [7, 11) is 0. The molecule has 1 heterocycles. The Balaban J connectivity index is 2.12. The monoisotopic (exact) mass is 229 g/mol. The molecule has 88 valence electrons. The van der Waals surface area contributed by atoms with Gasteiger partial charge in [-0.25, -0.2) is 4.98 Å². The van der Waals surface area contributed by atoms with Crippen molar-refractivity contribution >= 4 is 5.78 Å². The Morgan fingerprint density at radius 2 is 2.12 bits per heavy atom. The number of ketones is 1. The standard InChI is InChI=1S/C14H15NO2/c1-10-5-3-4-6-12(10)8-14-15-9-13(17-14)7-11(2)16/h3-6,9H,7-8H2,1-2H3. The van der Waals surface area contributed by atoms with Gasteiger partial charge in [-0.15, -0.1) is 0 Å². The van der Waals surface area contributed by atoms with Crippen LogP contribution in [0.2, 0.25) is 0 Å². The molecule has 0 saturated heterocycles. The quantitative estimate of drug-likeness (QED) is 0.809. The molecule has 3 heteroatoms. The van der Waals surface area contributed by atoms with Gasteiger partial charge in [-0.1, -0.05) is 24.3 Å². The Hall–Kier alpha value is -1.90. The Kier molecular flexibility index (Phi) is 3.38. The second-order valence-corrected chi connectivity index (χ2v) is 4.20. The zero-order valence-corrected chi connectivity index (χ0v) is 10.1. The number of nitrogens with zero attached hydrogens (tertiary/aromatic N) is 1. The third-order valence-corrected chi connectivity index (χ3v) is 2.63. The van der Waals surface area contributed by atoms with Crippen molar-refractivity contribution in [3.63, 3.8) is 0 Å². The van der Waals surface area contributed by atoms with Crippen molar-refractivity contribution in [2.45, 2.75) is 26.7 Å². The first kappa shape index (κ1) is 11.6. The minimum Gasteiger partial charge on any atom is -0.445 e. The number of benzene rings is 1. The van der Waals surface area contributed by atoms with Gasteiger partial charge in [0, 0.05) is 6.42 Å². The molecule has 2 rings (SSSR count). The summed E-state index contributed by atoms with van der Waals surface area (Å²) in [4.78, 5) is 15.1. The summed E-state index contributed by atoms with van der Waals surface area (Å²) in [5, 5.41) is 0. The molecule has 0 spiro atoms. The largest absolute Gasteiger partial charge is 0.445 e. The van der Waals surface area contributed by atoms with Crippen LogP contribution in [-0.2, 0) is 17.6 Å². The summed E-state index contributed by atoms with van der Waals surface area (Å²) in [5.74, 6) is 1.39. The Morgan fingerprint density at radius 1 is 1.35 bits per heavy atom. The average molecular weight is 229 g/mol. The van der Waals surface area contributed by atoms with Crippen LogP contribution in [0.4, 0.5) is 0 Å². The van der Waals surface area contributed by atoms with Crippen LogP contribution in [0, 0.1) is 6.92 Å². The highest BCUT2D eigenvalue weighted by Crippen LogP contribution is 2.14. The molecule has 0 amide bonds. The van der Waals surface area contributed by atoms with Crippen LogP contribution in [0.1, 0.15) is 29.7 Å². The van der Waals surface area contributed by atoms with E-state index in [0.29, 0.717) is 24.5 Å². The van der Waals surface area contributed by atoms with E-state index in [-0.39, 0.29) is 5.78 Å². The first-order chi connectivity index (χ1) is 8.15. The number of hydrogen-bond acceptors (Lipinski definition) is 3. The highest BCUT2D eigenvalue weighted by molar-refractivity contribution is 5.77. The fourth-order valence-corrected chi connectivity index (χ4v) is 1.73. The van der Waals surface area contributed by atoms with Gasteiger partial charge in [-0.2, -0.15) is 0 Å². The van der Waals surface area contributed by atoms with Crippen molar-refractivity contribution in [2.24, 2.45) is 0 Å². The first-order valence-corrected chi connectivity index (χ1v) is 5.62. The summed E-state index contributed by atoms with van der Waals surface area (Å²) < 4.78 is 5.52. The van der Waals surface area contributed by atoms with Gasteiger partial charge in [0.05, 0.1) is 12.6 Å². The second-order valence-electron chi connectivity index (χ2n) is 4.20. The number of aryl methyl sites for hydroxylation is 1. The molecule has 2 aromatic rings. The number of rotatable bonds is 4. The van der Waals surface area contributed by atoms with E-state index in [1.165, 1.54) is 11.1 Å². The Morgan fingerprint density at radius 3 is 2.82 bits per heavy atom. The highest BCUT2D eigenvalue weighted by atomic mass is 16.4. The van der Waals surface area contributed by atoms with Crippen molar-refractivity contribution in [3.05, 3.63) is 53.2 Å². The molecule has 1 aromatic heterocycles. The van der Waals surface area contributed by atoms with Gasteiger partial charge in [0.25, 0.3) is 0 Å². The fraction of sp³-hybridized carbons (Fsp3) is 0.286. The van der Waals surface area contributed by atoms with Gasteiger partial charge in [0.2, 0.25) is 0 Å². The predicted octanol–water partition coefficient (Wildman–Crippen LogP) is 2.71. The van der Waals surface area contributed by atoms with Crippen LogP contribution >= 0.6 is 0 Å². The van der Waals surface area contributed by atoms with Gasteiger partial charge in [-0.3, -0.25) is 4.79 Å². The minimum absolute atomic E-state index is 0.0867. The maximum atomic E-state index is 10.9. The lowest BCUT2D eigenvalue weighted by Gasteiger charge is -2.01. The van der Waals surface area contributed by atoms with Crippen molar-refractivity contribution in [2.75, 3.05) is 0 Å². The van der Waals surface area contributed by atoms with Crippen LogP contribution in [0.25, 0.3) is 0 Å².